The Morgan fingerprint density at radius 3 is 2.91 bits per heavy atom. The highest BCUT2D eigenvalue weighted by Gasteiger charge is 2.68. The highest BCUT2D eigenvalue weighted by molar-refractivity contribution is 6.37. The van der Waals surface area contributed by atoms with Gasteiger partial charge in [0.2, 0.25) is 0 Å². The number of rotatable bonds is 1. The molecule has 11 heavy (non-hydrogen) atoms. The monoisotopic (exact) mass is 172 g/mol. The number of alkyl halides is 1. The second-order valence-corrected chi connectivity index (χ2v) is 3.84. The standard InChI is InChI=1S/C8H9ClO2/c9-8(7(10)11)5-3-1-2-4-6(5)8/h1,3,5-6H,2,4H2,(H,10,11)/t5-,6+,8+/m1/s1. The maximum Gasteiger partial charge on any atom is 0.325 e. The minimum absolute atomic E-state index is 0.0930. The summed E-state index contributed by atoms with van der Waals surface area (Å²) in [6.45, 7) is 0. The molecule has 2 nitrogen and oxygen atoms in total. The molecule has 0 bridgehead atoms. The molecule has 0 aromatic carbocycles. The lowest BCUT2D eigenvalue weighted by Crippen LogP contribution is -2.18. The third-order valence-electron chi connectivity index (χ3n) is 2.66. The summed E-state index contributed by atoms with van der Waals surface area (Å²) < 4.78 is 0. The molecule has 0 amide bonds. The molecule has 2 rings (SSSR count). The van der Waals surface area contributed by atoms with Crippen LogP contribution in [0.15, 0.2) is 12.2 Å². The van der Waals surface area contributed by atoms with E-state index in [0.29, 0.717) is 0 Å². The number of hydrogen-bond donors (Lipinski definition) is 1. The molecule has 60 valence electrons. The molecule has 1 N–H and O–H groups in total. The quantitative estimate of drug-likeness (QED) is 0.482. The van der Waals surface area contributed by atoms with E-state index in [-0.39, 0.29) is 11.8 Å². The van der Waals surface area contributed by atoms with Gasteiger partial charge in [-0.15, -0.1) is 11.6 Å². The maximum absolute atomic E-state index is 10.7. The van der Waals surface area contributed by atoms with Crippen LogP contribution in [0.2, 0.25) is 0 Å². The van der Waals surface area contributed by atoms with Crippen molar-refractivity contribution in [1.82, 2.24) is 0 Å². The van der Waals surface area contributed by atoms with E-state index in [0.717, 1.165) is 12.8 Å². The first-order chi connectivity index (χ1) is 5.17. The smallest absolute Gasteiger partial charge is 0.325 e. The summed E-state index contributed by atoms with van der Waals surface area (Å²) in [5, 5.41) is 8.78. The zero-order valence-corrected chi connectivity index (χ0v) is 6.71. The van der Waals surface area contributed by atoms with Crippen LogP contribution in [0.25, 0.3) is 0 Å². The van der Waals surface area contributed by atoms with Gasteiger partial charge in [0.15, 0.2) is 4.87 Å². The zero-order chi connectivity index (χ0) is 8.06. The van der Waals surface area contributed by atoms with Crippen molar-refractivity contribution in [2.75, 3.05) is 0 Å². The summed E-state index contributed by atoms with van der Waals surface area (Å²) >= 11 is 5.90. The van der Waals surface area contributed by atoms with Gasteiger partial charge in [0, 0.05) is 5.92 Å². The first-order valence-electron chi connectivity index (χ1n) is 3.76. The predicted molar refractivity (Wildman–Crippen MR) is 41.6 cm³/mol. The average molecular weight is 173 g/mol. The first kappa shape index (κ1) is 7.17. The van der Waals surface area contributed by atoms with Crippen LogP contribution >= 0.6 is 11.6 Å². The Bertz CT molecular complexity index is 236. The molecular weight excluding hydrogens is 164 g/mol. The molecule has 0 aromatic rings. The van der Waals surface area contributed by atoms with E-state index in [1.807, 2.05) is 12.2 Å². The van der Waals surface area contributed by atoms with Crippen LogP contribution < -0.4 is 0 Å². The lowest BCUT2D eigenvalue weighted by molar-refractivity contribution is -0.137. The topological polar surface area (TPSA) is 37.3 Å². The van der Waals surface area contributed by atoms with Crippen molar-refractivity contribution < 1.29 is 9.90 Å². The van der Waals surface area contributed by atoms with Gasteiger partial charge < -0.3 is 5.11 Å². The first-order valence-corrected chi connectivity index (χ1v) is 4.14. The van der Waals surface area contributed by atoms with Gasteiger partial charge in [-0.25, -0.2) is 0 Å². The van der Waals surface area contributed by atoms with Crippen molar-refractivity contribution in [2.45, 2.75) is 17.7 Å². The Hall–Kier alpha value is -0.500. The minimum Gasteiger partial charge on any atom is -0.480 e. The van der Waals surface area contributed by atoms with E-state index < -0.39 is 10.8 Å². The number of allylic oxidation sites excluding steroid dienone is 2. The lowest BCUT2D eigenvalue weighted by atomic mass is 10.1. The van der Waals surface area contributed by atoms with Crippen molar-refractivity contribution in [3.63, 3.8) is 0 Å². The second kappa shape index (κ2) is 2.01. The second-order valence-electron chi connectivity index (χ2n) is 3.21. The molecule has 0 aromatic heterocycles. The molecular formula is C8H9ClO2. The van der Waals surface area contributed by atoms with Crippen molar-refractivity contribution in [2.24, 2.45) is 11.8 Å². The van der Waals surface area contributed by atoms with Gasteiger partial charge in [0.05, 0.1) is 0 Å². The van der Waals surface area contributed by atoms with Crippen LogP contribution in [0.3, 0.4) is 0 Å². The van der Waals surface area contributed by atoms with E-state index in [1.165, 1.54) is 0 Å². The summed E-state index contributed by atoms with van der Waals surface area (Å²) in [5.41, 5.74) is 0. The van der Waals surface area contributed by atoms with Crippen molar-refractivity contribution >= 4 is 17.6 Å². The largest absolute Gasteiger partial charge is 0.480 e. The van der Waals surface area contributed by atoms with Gasteiger partial charge in [-0.05, 0) is 18.8 Å². The molecule has 0 radical (unpaired) electrons. The Morgan fingerprint density at radius 2 is 2.45 bits per heavy atom. The van der Waals surface area contributed by atoms with E-state index in [2.05, 4.69) is 0 Å². The number of carboxylic acids is 1. The zero-order valence-electron chi connectivity index (χ0n) is 5.96. The fraction of sp³-hybridized carbons (Fsp3) is 0.625. The Morgan fingerprint density at radius 1 is 1.73 bits per heavy atom. The molecule has 2 aliphatic rings. The minimum atomic E-state index is -0.951. The number of halogens is 1. The summed E-state index contributed by atoms with van der Waals surface area (Å²) in [7, 11) is 0. The molecule has 2 aliphatic carbocycles. The number of carbonyl (C=O) groups is 1. The number of fused-ring (bicyclic) bond motifs is 1. The van der Waals surface area contributed by atoms with Crippen LogP contribution in [0.1, 0.15) is 12.8 Å². The highest BCUT2D eigenvalue weighted by atomic mass is 35.5. The van der Waals surface area contributed by atoms with Crippen LogP contribution in [-0.4, -0.2) is 16.0 Å². The van der Waals surface area contributed by atoms with Gasteiger partial charge in [-0.3, -0.25) is 4.79 Å². The summed E-state index contributed by atoms with van der Waals surface area (Å²) in [4.78, 5) is 9.73. The lowest BCUT2D eigenvalue weighted by Gasteiger charge is -1.99. The van der Waals surface area contributed by atoms with Crippen LogP contribution in [0.5, 0.6) is 0 Å². The van der Waals surface area contributed by atoms with Gasteiger partial charge in [-0.2, -0.15) is 0 Å². The molecule has 0 spiro atoms. The third kappa shape index (κ3) is 0.761. The molecule has 0 unspecified atom stereocenters. The Labute approximate surface area is 69.9 Å². The Kier molecular flexibility index (Phi) is 1.31. The summed E-state index contributed by atoms with van der Waals surface area (Å²) in [5.74, 6) is -0.581. The fourth-order valence-corrected chi connectivity index (χ4v) is 2.34. The maximum atomic E-state index is 10.7. The van der Waals surface area contributed by atoms with E-state index in [9.17, 15) is 4.79 Å². The number of carboxylic acid groups (broad SMARTS) is 1. The molecule has 0 saturated heterocycles. The molecule has 3 atom stereocenters. The SMILES string of the molecule is O=C(O)[C@]1(Cl)[C@@H]2C=CCC[C@@H]21. The predicted octanol–water partition coefficient (Wildman–Crippen LogP) is 1.64. The molecule has 1 fully saturated rings. The van der Waals surface area contributed by atoms with E-state index in [4.69, 9.17) is 16.7 Å². The average Bonchev–Trinajstić information content (AvgIpc) is 2.61. The van der Waals surface area contributed by atoms with Gasteiger partial charge in [0.1, 0.15) is 0 Å². The van der Waals surface area contributed by atoms with Gasteiger partial charge in [-0.1, -0.05) is 12.2 Å². The van der Waals surface area contributed by atoms with Crippen LogP contribution in [0, 0.1) is 11.8 Å². The van der Waals surface area contributed by atoms with Gasteiger partial charge in [0.25, 0.3) is 0 Å². The van der Waals surface area contributed by atoms with Crippen LogP contribution in [0.4, 0.5) is 0 Å². The van der Waals surface area contributed by atoms with E-state index >= 15 is 0 Å². The highest BCUT2D eigenvalue weighted by Crippen LogP contribution is 2.60. The molecule has 0 aliphatic heterocycles. The normalized spacial score (nSPS) is 46.6. The molecule has 1 saturated carbocycles. The van der Waals surface area contributed by atoms with Crippen molar-refractivity contribution in [1.29, 1.82) is 0 Å². The summed E-state index contributed by atoms with van der Waals surface area (Å²) in [6, 6.07) is 0. The molecule has 3 heteroatoms. The van der Waals surface area contributed by atoms with Crippen molar-refractivity contribution in [3.05, 3.63) is 12.2 Å². The number of hydrogen-bond acceptors (Lipinski definition) is 1. The Balaban J connectivity index is 2.23. The van der Waals surface area contributed by atoms with Gasteiger partial charge >= 0.3 is 5.97 Å². The number of aliphatic carboxylic acids is 1. The molecule has 0 heterocycles. The third-order valence-corrected chi connectivity index (χ3v) is 3.36. The summed E-state index contributed by atoms with van der Waals surface area (Å²) in [6.07, 6.45) is 5.86. The van der Waals surface area contributed by atoms with Crippen LogP contribution in [-0.2, 0) is 4.79 Å². The fourth-order valence-electron chi connectivity index (χ4n) is 1.94. The van der Waals surface area contributed by atoms with Crippen molar-refractivity contribution in [3.8, 4) is 0 Å². The van der Waals surface area contributed by atoms with E-state index in [1.54, 1.807) is 0 Å².